The van der Waals surface area contributed by atoms with Crippen molar-refractivity contribution in [2.45, 2.75) is 19.8 Å². The Bertz CT molecular complexity index is 651. The van der Waals surface area contributed by atoms with Crippen molar-refractivity contribution < 1.29 is 9.90 Å². The number of nitrogens with zero attached hydrogens (tertiary/aromatic N) is 1. The molecule has 1 unspecified atom stereocenters. The van der Waals surface area contributed by atoms with Crippen molar-refractivity contribution in [1.82, 2.24) is 0 Å². The number of fused-ring (bicyclic) bond motifs is 1. The van der Waals surface area contributed by atoms with Crippen LogP contribution in [0.2, 0.25) is 0 Å². The van der Waals surface area contributed by atoms with E-state index < -0.39 is 0 Å². The molecule has 1 aliphatic heterocycles. The van der Waals surface area contributed by atoms with Crippen molar-refractivity contribution in [3.63, 3.8) is 0 Å². The zero-order chi connectivity index (χ0) is 14.1. The van der Waals surface area contributed by atoms with Gasteiger partial charge >= 0.3 is 0 Å². The summed E-state index contributed by atoms with van der Waals surface area (Å²) < 4.78 is 0. The first-order chi connectivity index (χ1) is 9.72. The molecule has 0 amide bonds. The van der Waals surface area contributed by atoms with Crippen molar-refractivity contribution in [3.8, 4) is 5.75 Å². The molecule has 3 heteroatoms. The number of phenols is 1. The highest BCUT2D eigenvalue weighted by molar-refractivity contribution is 6.01. The summed E-state index contributed by atoms with van der Waals surface area (Å²) in [6.07, 6.45) is 3.21. The number of carbonyl (C=O) groups is 1. The van der Waals surface area contributed by atoms with Gasteiger partial charge in [-0.3, -0.25) is 4.79 Å². The minimum atomic E-state index is 0.0486. The van der Waals surface area contributed by atoms with Crippen LogP contribution in [0, 0.1) is 5.92 Å². The fraction of sp³-hybridized carbons (Fsp3) is 0.353. The molecule has 1 fully saturated rings. The first kappa shape index (κ1) is 13.0. The third-order valence-corrected chi connectivity index (χ3v) is 4.37. The Balaban J connectivity index is 2.00. The summed E-state index contributed by atoms with van der Waals surface area (Å²) in [6, 6.07) is 9.56. The van der Waals surface area contributed by atoms with Gasteiger partial charge in [0.25, 0.3) is 0 Å². The number of aromatic hydroxyl groups is 1. The lowest BCUT2D eigenvalue weighted by Crippen LogP contribution is -2.19. The van der Waals surface area contributed by atoms with Gasteiger partial charge in [-0.15, -0.1) is 0 Å². The largest absolute Gasteiger partial charge is 0.507 e. The second kappa shape index (κ2) is 5.16. The standard InChI is InChI=1S/C17H19NO2/c1-2-12-7-8-18(10-12)14-4-5-15-13(9-14)3-6-17(20)16(15)11-19/h3-6,9,11-12,20H,2,7-8,10H2,1H3. The average Bonchev–Trinajstić information content (AvgIpc) is 2.95. The van der Waals surface area contributed by atoms with Crippen LogP contribution in [0.3, 0.4) is 0 Å². The number of anilines is 1. The van der Waals surface area contributed by atoms with E-state index in [1.807, 2.05) is 18.2 Å². The van der Waals surface area contributed by atoms with E-state index in [4.69, 9.17) is 0 Å². The lowest BCUT2D eigenvalue weighted by atomic mass is 10.0. The molecule has 1 heterocycles. The van der Waals surface area contributed by atoms with Crippen LogP contribution in [-0.2, 0) is 0 Å². The summed E-state index contributed by atoms with van der Waals surface area (Å²) in [7, 11) is 0. The Kier molecular flexibility index (Phi) is 3.35. The molecule has 2 aromatic rings. The Morgan fingerprint density at radius 3 is 2.90 bits per heavy atom. The molecule has 0 radical (unpaired) electrons. The Labute approximate surface area is 118 Å². The Morgan fingerprint density at radius 2 is 2.20 bits per heavy atom. The molecule has 0 aliphatic carbocycles. The maximum absolute atomic E-state index is 11.1. The molecular weight excluding hydrogens is 250 g/mol. The Hall–Kier alpha value is -2.03. The monoisotopic (exact) mass is 269 g/mol. The lowest BCUT2D eigenvalue weighted by Gasteiger charge is -2.19. The van der Waals surface area contributed by atoms with Crippen LogP contribution in [0.15, 0.2) is 30.3 Å². The van der Waals surface area contributed by atoms with Gasteiger partial charge in [0.2, 0.25) is 0 Å². The minimum Gasteiger partial charge on any atom is -0.507 e. The highest BCUT2D eigenvalue weighted by Crippen LogP contribution is 2.31. The molecule has 1 aliphatic rings. The number of phenolic OH excluding ortho intramolecular Hbond substituents is 1. The van der Waals surface area contributed by atoms with Crippen LogP contribution in [0.5, 0.6) is 5.75 Å². The summed E-state index contributed by atoms with van der Waals surface area (Å²) >= 11 is 0. The van der Waals surface area contributed by atoms with Crippen LogP contribution in [0.25, 0.3) is 10.8 Å². The van der Waals surface area contributed by atoms with Gasteiger partial charge < -0.3 is 10.0 Å². The van der Waals surface area contributed by atoms with E-state index >= 15 is 0 Å². The maximum atomic E-state index is 11.1. The van der Waals surface area contributed by atoms with Crippen LogP contribution in [0.4, 0.5) is 5.69 Å². The van der Waals surface area contributed by atoms with Gasteiger partial charge in [-0.05, 0) is 41.3 Å². The van der Waals surface area contributed by atoms with Gasteiger partial charge in [0.1, 0.15) is 5.75 Å². The van der Waals surface area contributed by atoms with Crippen molar-refractivity contribution in [2.24, 2.45) is 5.92 Å². The summed E-state index contributed by atoms with van der Waals surface area (Å²) in [5, 5.41) is 11.5. The predicted octanol–water partition coefficient (Wildman–Crippen LogP) is 3.59. The molecule has 1 saturated heterocycles. The SMILES string of the molecule is CCC1CCN(c2ccc3c(C=O)c(O)ccc3c2)C1. The second-order valence-electron chi connectivity index (χ2n) is 5.53. The smallest absolute Gasteiger partial charge is 0.154 e. The quantitative estimate of drug-likeness (QED) is 0.866. The molecule has 1 N–H and O–H groups in total. The maximum Gasteiger partial charge on any atom is 0.154 e. The number of hydrogen-bond donors (Lipinski definition) is 1. The van der Waals surface area contributed by atoms with Crippen LogP contribution in [0.1, 0.15) is 30.1 Å². The molecule has 1 atom stereocenters. The molecular formula is C17H19NO2. The topological polar surface area (TPSA) is 40.5 Å². The van der Waals surface area contributed by atoms with Crippen molar-refractivity contribution in [3.05, 3.63) is 35.9 Å². The average molecular weight is 269 g/mol. The van der Waals surface area contributed by atoms with E-state index in [9.17, 15) is 9.90 Å². The normalized spacial score (nSPS) is 18.6. The summed E-state index contributed by atoms with van der Waals surface area (Å²) in [5.74, 6) is 0.837. The fourth-order valence-electron chi connectivity index (χ4n) is 3.05. The van der Waals surface area contributed by atoms with Gasteiger partial charge in [0.05, 0.1) is 5.56 Å². The van der Waals surface area contributed by atoms with Crippen molar-refractivity contribution in [2.75, 3.05) is 18.0 Å². The highest BCUT2D eigenvalue weighted by atomic mass is 16.3. The van der Waals surface area contributed by atoms with Crippen LogP contribution >= 0.6 is 0 Å². The predicted molar refractivity (Wildman–Crippen MR) is 81.6 cm³/mol. The van der Waals surface area contributed by atoms with E-state index in [2.05, 4.69) is 17.9 Å². The Morgan fingerprint density at radius 1 is 1.35 bits per heavy atom. The van der Waals surface area contributed by atoms with Crippen molar-refractivity contribution >= 4 is 22.7 Å². The van der Waals surface area contributed by atoms with Gasteiger partial charge in [-0.2, -0.15) is 0 Å². The summed E-state index contributed by atoms with van der Waals surface area (Å²) in [4.78, 5) is 13.5. The summed E-state index contributed by atoms with van der Waals surface area (Å²) in [5.41, 5.74) is 1.58. The van der Waals surface area contributed by atoms with E-state index in [0.29, 0.717) is 5.56 Å². The first-order valence-corrected chi connectivity index (χ1v) is 7.18. The zero-order valence-corrected chi connectivity index (χ0v) is 11.7. The number of carbonyl (C=O) groups excluding carboxylic acids is 1. The zero-order valence-electron chi connectivity index (χ0n) is 11.7. The lowest BCUT2D eigenvalue weighted by molar-refractivity contribution is 0.112. The fourth-order valence-corrected chi connectivity index (χ4v) is 3.05. The number of rotatable bonds is 3. The van der Waals surface area contributed by atoms with Crippen LogP contribution < -0.4 is 4.90 Å². The molecule has 104 valence electrons. The van der Waals surface area contributed by atoms with E-state index in [-0.39, 0.29) is 5.75 Å². The van der Waals surface area contributed by atoms with E-state index in [0.717, 1.165) is 36.1 Å². The van der Waals surface area contributed by atoms with Gasteiger partial charge in [0.15, 0.2) is 6.29 Å². The van der Waals surface area contributed by atoms with E-state index in [1.165, 1.54) is 18.5 Å². The van der Waals surface area contributed by atoms with E-state index in [1.54, 1.807) is 6.07 Å². The minimum absolute atomic E-state index is 0.0486. The number of hydrogen-bond acceptors (Lipinski definition) is 3. The highest BCUT2D eigenvalue weighted by Gasteiger charge is 2.21. The number of aldehydes is 1. The summed E-state index contributed by atoms with van der Waals surface area (Å²) in [6.45, 7) is 4.46. The third kappa shape index (κ3) is 2.13. The molecule has 2 aromatic carbocycles. The third-order valence-electron chi connectivity index (χ3n) is 4.37. The molecule has 20 heavy (non-hydrogen) atoms. The second-order valence-corrected chi connectivity index (χ2v) is 5.53. The molecule has 3 nitrogen and oxygen atoms in total. The van der Waals surface area contributed by atoms with Crippen LogP contribution in [-0.4, -0.2) is 24.5 Å². The first-order valence-electron chi connectivity index (χ1n) is 7.18. The van der Waals surface area contributed by atoms with Gasteiger partial charge in [0, 0.05) is 18.8 Å². The van der Waals surface area contributed by atoms with Crippen molar-refractivity contribution in [1.29, 1.82) is 0 Å². The molecule has 3 rings (SSSR count). The molecule has 0 spiro atoms. The molecule has 0 saturated carbocycles. The molecule has 0 aromatic heterocycles. The van der Waals surface area contributed by atoms with Gasteiger partial charge in [-0.1, -0.05) is 25.5 Å². The van der Waals surface area contributed by atoms with Gasteiger partial charge in [-0.25, -0.2) is 0 Å². The number of benzene rings is 2. The molecule has 0 bridgehead atoms.